The van der Waals surface area contributed by atoms with Crippen LogP contribution >= 0.6 is 23.2 Å². The summed E-state index contributed by atoms with van der Waals surface area (Å²) < 4.78 is 0. The number of aromatic nitrogens is 1. The molecule has 6 nitrogen and oxygen atoms in total. The molecule has 1 N–H and O–H groups in total. The van der Waals surface area contributed by atoms with Crippen molar-refractivity contribution in [3.63, 3.8) is 0 Å². The number of piperazine rings is 1. The van der Waals surface area contributed by atoms with Crippen molar-refractivity contribution >= 4 is 52.1 Å². The number of amides is 2. The zero-order chi connectivity index (χ0) is 21.0. The summed E-state index contributed by atoms with van der Waals surface area (Å²) in [6, 6.07) is 13.1. The fourth-order valence-corrected chi connectivity index (χ4v) is 4.79. The molecule has 0 radical (unpaired) electrons. The Kier molecular flexibility index (Phi) is 4.38. The highest BCUT2D eigenvalue weighted by Gasteiger charge is 2.54. The molecule has 152 valence electrons. The van der Waals surface area contributed by atoms with Crippen LogP contribution in [0.4, 0.5) is 0 Å². The van der Waals surface area contributed by atoms with E-state index in [4.69, 9.17) is 23.2 Å². The Morgan fingerprint density at radius 1 is 1.13 bits per heavy atom. The van der Waals surface area contributed by atoms with Gasteiger partial charge in [0.05, 0.1) is 22.0 Å². The third-order valence-corrected chi connectivity index (χ3v) is 6.81. The zero-order valence-electron chi connectivity index (χ0n) is 16.2. The number of hydrazone groups is 1. The molecule has 2 aliphatic heterocycles. The molecule has 8 heteroatoms. The van der Waals surface area contributed by atoms with Crippen LogP contribution in [0, 0.1) is 0 Å². The average Bonchev–Trinajstić information content (AvgIpc) is 3.12. The Morgan fingerprint density at radius 2 is 1.93 bits per heavy atom. The van der Waals surface area contributed by atoms with Crippen LogP contribution in [-0.2, 0) is 21.5 Å². The van der Waals surface area contributed by atoms with E-state index in [1.165, 1.54) is 11.2 Å². The Morgan fingerprint density at radius 3 is 2.77 bits per heavy atom. The average molecular weight is 441 g/mol. The van der Waals surface area contributed by atoms with E-state index in [2.05, 4.69) is 10.1 Å². The monoisotopic (exact) mass is 440 g/mol. The van der Waals surface area contributed by atoms with Crippen LogP contribution < -0.4 is 0 Å². The number of carbonyl (C=O) groups excluding carboxylic acids is 2. The lowest BCUT2D eigenvalue weighted by Gasteiger charge is -2.48. The molecule has 1 saturated heterocycles. The number of H-pyrrole nitrogens is 1. The molecular weight excluding hydrogens is 423 g/mol. The molecule has 0 bridgehead atoms. The van der Waals surface area contributed by atoms with Gasteiger partial charge in [0.25, 0.3) is 5.91 Å². The van der Waals surface area contributed by atoms with Crippen LogP contribution in [0.1, 0.15) is 23.7 Å². The van der Waals surface area contributed by atoms with Gasteiger partial charge >= 0.3 is 0 Å². The first-order chi connectivity index (χ1) is 14.4. The quantitative estimate of drug-likeness (QED) is 0.612. The normalized spacial score (nSPS) is 21.4. The second-order valence-corrected chi connectivity index (χ2v) is 8.43. The molecule has 1 atom stereocenters. The van der Waals surface area contributed by atoms with Gasteiger partial charge in [0, 0.05) is 23.0 Å². The van der Waals surface area contributed by atoms with Gasteiger partial charge in [-0.25, -0.2) is 5.01 Å². The Balaban J connectivity index is 1.57. The van der Waals surface area contributed by atoms with E-state index in [1.807, 2.05) is 24.3 Å². The number of hydrogen-bond donors (Lipinski definition) is 1. The van der Waals surface area contributed by atoms with Crippen molar-refractivity contribution in [1.82, 2.24) is 14.9 Å². The van der Waals surface area contributed by atoms with Crippen molar-refractivity contribution in [2.45, 2.75) is 18.9 Å². The second kappa shape index (κ2) is 6.86. The topological polar surface area (TPSA) is 68.8 Å². The number of rotatable bonds is 2. The molecule has 2 amide bonds. The van der Waals surface area contributed by atoms with E-state index in [1.54, 1.807) is 30.0 Å². The van der Waals surface area contributed by atoms with E-state index in [0.29, 0.717) is 28.6 Å². The number of aromatic amines is 1. The maximum atomic E-state index is 13.6. The molecule has 2 aromatic carbocycles. The smallest absolute Gasteiger partial charge is 0.275 e. The molecule has 2 aliphatic rings. The zero-order valence-corrected chi connectivity index (χ0v) is 17.7. The fraction of sp³-hybridized carbons (Fsp3) is 0.227. The third-order valence-electron chi connectivity index (χ3n) is 5.98. The highest BCUT2D eigenvalue weighted by molar-refractivity contribution is 6.43. The van der Waals surface area contributed by atoms with Crippen molar-refractivity contribution in [3.8, 4) is 0 Å². The predicted molar refractivity (Wildman–Crippen MR) is 117 cm³/mol. The molecule has 5 rings (SSSR count). The largest absolute Gasteiger partial charge is 0.356 e. The third kappa shape index (κ3) is 2.67. The molecule has 0 aliphatic carbocycles. The number of para-hydroxylation sites is 1. The highest BCUT2D eigenvalue weighted by atomic mass is 35.5. The van der Waals surface area contributed by atoms with Crippen molar-refractivity contribution < 1.29 is 9.59 Å². The van der Waals surface area contributed by atoms with Gasteiger partial charge < -0.3 is 9.88 Å². The Labute approximate surface area is 183 Å². The molecule has 0 spiro atoms. The maximum absolute atomic E-state index is 13.6. The van der Waals surface area contributed by atoms with Crippen LogP contribution in [0.3, 0.4) is 0 Å². The number of halogens is 2. The molecule has 0 saturated carbocycles. The highest BCUT2D eigenvalue weighted by Crippen LogP contribution is 2.42. The summed E-state index contributed by atoms with van der Waals surface area (Å²) in [6.45, 7) is 2.17. The summed E-state index contributed by atoms with van der Waals surface area (Å²) >= 11 is 12.3. The van der Waals surface area contributed by atoms with Gasteiger partial charge in [-0.2, -0.15) is 5.10 Å². The number of carbonyl (C=O) groups is 2. The van der Waals surface area contributed by atoms with Crippen molar-refractivity contribution in [1.29, 1.82) is 0 Å². The van der Waals surface area contributed by atoms with E-state index in [-0.39, 0.29) is 18.4 Å². The van der Waals surface area contributed by atoms with Crippen LogP contribution in [0.2, 0.25) is 10.0 Å². The van der Waals surface area contributed by atoms with Crippen molar-refractivity contribution in [2.75, 3.05) is 13.1 Å². The lowest BCUT2D eigenvalue weighted by molar-refractivity contribution is -0.165. The van der Waals surface area contributed by atoms with Gasteiger partial charge in [0.1, 0.15) is 6.54 Å². The number of nitrogens with one attached hydrogen (secondary N) is 1. The summed E-state index contributed by atoms with van der Waals surface area (Å²) in [5, 5.41) is 7.35. The summed E-state index contributed by atoms with van der Waals surface area (Å²) in [5.74, 6) is -0.403. The SMILES string of the molecule is C[C@@]12C(=O)N(N=Cc3cccc(Cl)c3Cl)CC(=O)N1CCc1c2[nH]c2ccccc12. The molecule has 3 heterocycles. The molecule has 0 unspecified atom stereocenters. The van der Waals surface area contributed by atoms with Gasteiger partial charge in [-0.1, -0.05) is 53.5 Å². The van der Waals surface area contributed by atoms with Gasteiger partial charge in [0.2, 0.25) is 5.91 Å². The van der Waals surface area contributed by atoms with Crippen molar-refractivity contribution in [3.05, 3.63) is 69.3 Å². The number of nitrogens with zero attached hydrogens (tertiary/aromatic N) is 3. The molecule has 30 heavy (non-hydrogen) atoms. The molecular formula is C22H18Cl2N4O2. The first-order valence-electron chi connectivity index (χ1n) is 9.61. The number of fused-ring (bicyclic) bond motifs is 5. The number of benzene rings is 2. The minimum atomic E-state index is -1.14. The van der Waals surface area contributed by atoms with Crippen LogP contribution in [0.5, 0.6) is 0 Å². The van der Waals surface area contributed by atoms with Crippen LogP contribution in [0.25, 0.3) is 10.9 Å². The lowest BCUT2D eigenvalue weighted by Crippen LogP contribution is -2.65. The molecule has 1 fully saturated rings. The van der Waals surface area contributed by atoms with Gasteiger partial charge in [-0.15, -0.1) is 0 Å². The van der Waals surface area contributed by atoms with E-state index >= 15 is 0 Å². The van der Waals surface area contributed by atoms with E-state index in [9.17, 15) is 9.59 Å². The van der Waals surface area contributed by atoms with E-state index in [0.717, 1.165) is 22.2 Å². The summed E-state index contributed by atoms with van der Waals surface area (Å²) in [4.78, 5) is 31.6. The minimum Gasteiger partial charge on any atom is -0.356 e. The summed E-state index contributed by atoms with van der Waals surface area (Å²) in [5.41, 5.74) is 2.23. The van der Waals surface area contributed by atoms with Gasteiger partial charge in [-0.05, 0) is 31.0 Å². The minimum absolute atomic E-state index is 0.112. The first kappa shape index (κ1) is 19.2. The summed E-state index contributed by atoms with van der Waals surface area (Å²) in [6.07, 6.45) is 2.17. The lowest BCUT2D eigenvalue weighted by atomic mass is 9.83. The molecule has 3 aromatic rings. The van der Waals surface area contributed by atoms with Gasteiger partial charge in [-0.3, -0.25) is 9.59 Å². The first-order valence-corrected chi connectivity index (χ1v) is 10.4. The molecule has 1 aromatic heterocycles. The Hall–Kier alpha value is -2.83. The standard InChI is InChI=1S/C22H18Cl2N4O2/c1-22-20-15(14-6-2-3-8-17(14)26-20)9-10-27(22)18(29)12-28(21(22)30)25-11-13-5-4-7-16(23)19(13)24/h2-8,11,26H,9-10,12H2,1H3/t22-/m1/s1. The van der Waals surface area contributed by atoms with Gasteiger partial charge in [0.15, 0.2) is 5.54 Å². The second-order valence-electron chi connectivity index (χ2n) is 7.64. The van der Waals surface area contributed by atoms with Crippen LogP contribution in [0.15, 0.2) is 47.6 Å². The summed E-state index contributed by atoms with van der Waals surface area (Å²) in [7, 11) is 0. The maximum Gasteiger partial charge on any atom is 0.275 e. The van der Waals surface area contributed by atoms with E-state index < -0.39 is 5.54 Å². The predicted octanol–water partition coefficient (Wildman–Crippen LogP) is 3.95. The van der Waals surface area contributed by atoms with Crippen LogP contribution in [-0.4, -0.2) is 46.0 Å². The Bertz CT molecular complexity index is 1240. The number of hydrogen-bond acceptors (Lipinski definition) is 3. The van der Waals surface area contributed by atoms with Crippen molar-refractivity contribution in [2.24, 2.45) is 5.10 Å². The fourth-order valence-electron chi connectivity index (χ4n) is 4.44.